The van der Waals surface area contributed by atoms with Crippen molar-refractivity contribution in [3.05, 3.63) is 29.8 Å². The third-order valence-corrected chi connectivity index (χ3v) is 2.65. The maximum atomic E-state index is 10.6. The first-order chi connectivity index (χ1) is 10.4. The van der Waals surface area contributed by atoms with Crippen LogP contribution in [0.3, 0.4) is 0 Å². The second kappa shape index (κ2) is 11.4. The van der Waals surface area contributed by atoms with Crippen LogP contribution in [0.1, 0.15) is 36.5 Å². The van der Waals surface area contributed by atoms with Crippen LogP contribution in [-0.4, -0.2) is 35.9 Å². The molecule has 0 aliphatic rings. The Morgan fingerprint density at radius 2 is 1.86 bits per heavy atom. The Kier molecular flexibility index (Phi) is 10.2. The van der Waals surface area contributed by atoms with Crippen LogP contribution in [-0.2, 0) is 9.59 Å². The minimum Gasteiger partial charge on any atom is -0.480 e. The fourth-order valence-electron chi connectivity index (χ4n) is 1.48. The summed E-state index contributed by atoms with van der Waals surface area (Å²) in [5.74, 6) is -1.05. The van der Waals surface area contributed by atoms with E-state index < -0.39 is 12.0 Å². The molecule has 0 fully saturated rings. The summed E-state index contributed by atoms with van der Waals surface area (Å²) in [7, 11) is 0. The highest BCUT2D eigenvalue weighted by Gasteiger charge is 2.09. The third-order valence-electron chi connectivity index (χ3n) is 2.65. The first kappa shape index (κ1) is 19.8. The average molecular weight is 309 g/mol. The number of rotatable bonds is 7. The number of unbranched alkanes of at least 4 members (excludes halogenated alkanes) is 1. The summed E-state index contributed by atoms with van der Waals surface area (Å²) < 4.78 is 0. The molecule has 1 amide bonds. The van der Waals surface area contributed by atoms with Gasteiger partial charge in [0.15, 0.2) is 0 Å². The van der Waals surface area contributed by atoms with E-state index in [1.165, 1.54) is 6.92 Å². The number of nitrogens with one attached hydrogen (secondary N) is 1. The van der Waals surface area contributed by atoms with Crippen LogP contribution < -0.4 is 16.8 Å². The van der Waals surface area contributed by atoms with E-state index in [1.807, 2.05) is 0 Å². The number of hydrogen-bond acceptors (Lipinski definition) is 5. The quantitative estimate of drug-likeness (QED) is 0.438. The van der Waals surface area contributed by atoms with Crippen LogP contribution in [0.2, 0.25) is 0 Å². The monoisotopic (exact) mass is 309 g/mol. The number of carbonyl (C=O) groups is 3. The summed E-state index contributed by atoms with van der Waals surface area (Å²) in [4.78, 5) is 31.0. The van der Waals surface area contributed by atoms with Gasteiger partial charge in [-0.3, -0.25) is 14.4 Å². The molecule has 6 N–H and O–H groups in total. The summed E-state index contributed by atoms with van der Waals surface area (Å²) in [6, 6.07) is 5.96. The van der Waals surface area contributed by atoms with Gasteiger partial charge >= 0.3 is 5.97 Å². The minimum absolute atomic E-state index is 0.117. The van der Waals surface area contributed by atoms with E-state index in [-0.39, 0.29) is 5.91 Å². The Labute approximate surface area is 129 Å². The van der Waals surface area contributed by atoms with Crippen molar-refractivity contribution in [2.24, 2.45) is 11.5 Å². The van der Waals surface area contributed by atoms with Crippen LogP contribution in [0.4, 0.5) is 5.69 Å². The molecule has 0 saturated carbocycles. The van der Waals surface area contributed by atoms with Crippen molar-refractivity contribution >= 4 is 23.9 Å². The lowest BCUT2D eigenvalue weighted by Crippen LogP contribution is -2.29. The Morgan fingerprint density at radius 3 is 2.27 bits per heavy atom. The van der Waals surface area contributed by atoms with Crippen molar-refractivity contribution in [1.29, 1.82) is 0 Å². The zero-order valence-electron chi connectivity index (χ0n) is 12.6. The molecule has 7 heteroatoms. The molecule has 7 nitrogen and oxygen atoms in total. The number of carboxylic acid groups (broad SMARTS) is 1. The van der Waals surface area contributed by atoms with Crippen molar-refractivity contribution in [3.63, 3.8) is 0 Å². The van der Waals surface area contributed by atoms with E-state index in [4.69, 9.17) is 16.6 Å². The Balaban J connectivity index is 0.000000409. The van der Waals surface area contributed by atoms with Crippen molar-refractivity contribution in [3.8, 4) is 0 Å². The number of carbonyl (C=O) groups excluding carboxylic acids is 2. The molecule has 0 unspecified atom stereocenters. The van der Waals surface area contributed by atoms with Gasteiger partial charge in [-0.15, -0.1) is 0 Å². The van der Waals surface area contributed by atoms with Crippen molar-refractivity contribution in [2.75, 3.05) is 11.9 Å². The van der Waals surface area contributed by atoms with Crippen molar-refractivity contribution < 1.29 is 19.5 Å². The van der Waals surface area contributed by atoms with Crippen LogP contribution >= 0.6 is 0 Å². The van der Waals surface area contributed by atoms with Gasteiger partial charge in [0.1, 0.15) is 12.3 Å². The molecule has 1 aromatic carbocycles. The molecular formula is C15H23N3O4. The molecule has 122 valence electrons. The smallest absolute Gasteiger partial charge is 0.320 e. The zero-order chi connectivity index (χ0) is 17.0. The van der Waals surface area contributed by atoms with E-state index >= 15 is 0 Å². The number of hydrogen-bond donors (Lipinski definition) is 4. The van der Waals surface area contributed by atoms with Gasteiger partial charge < -0.3 is 21.9 Å². The highest BCUT2D eigenvalue weighted by atomic mass is 16.4. The van der Waals surface area contributed by atoms with Gasteiger partial charge in [-0.05, 0) is 43.7 Å². The maximum absolute atomic E-state index is 10.6. The number of amides is 1. The highest BCUT2D eigenvalue weighted by molar-refractivity contribution is 5.89. The second-order valence-electron chi connectivity index (χ2n) is 4.65. The summed E-state index contributed by atoms with van der Waals surface area (Å²) >= 11 is 0. The summed E-state index contributed by atoms with van der Waals surface area (Å²) in [5.41, 5.74) is 11.7. The molecule has 0 aliphatic heterocycles. The first-order valence-corrected chi connectivity index (χ1v) is 6.92. The zero-order valence-corrected chi connectivity index (χ0v) is 12.6. The Hall–Kier alpha value is -2.25. The minimum atomic E-state index is -0.933. The van der Waals surface area contributed by atoms with Crippen LogP contribution in [0.25, 0.3) is 0 Å². The number of anilines is 1. The molecule has 0 aromatic heterocycles. The summed E-state index contributed by atoms with van der Waals surface area (Å²) in [5, 5.41) is 10.9. The van der Waals surface area contributed by atoms with Gasteiger partial charge in [-0.1, -0.05) is 6.42 Å². The molecule has 0 spiro atoms. The Morgan fingerprint density at radius 1 is 1.27 bits per heavy atom. The van der Waals surface area contributed by atoms with Crippen LogP contribution in [0.5, 0.6) is 0 Å². The topological polar surface area (TPSA) is 136 Å². The number of carboxylic acids is 1. The molecule has 1 aromatic rings. The standard InChI is InChI=1S/C9H9NO2.C6H14N2O2/c1-7(12)10-9-4-2-8(6-11)3-5-9;7-4-2-1-3-5(8)6(9)10/h2-6H,1H3,(H,10,12);5H,1-4,7-8H2,(H,9,10)/t;5-/m.0/s1. The number of benzene rings is 1. The first-order valence-electron chi connectivity index (χ1n) is 6.92. The fourth-order valence-corrected chi connectivity index (χ4v) is 1.48. The third kappa shape index (κ3) is 9.62. The van der Waals surface area contributed by atoms with Crippen molar-refractivity contribution in [2.45, 2.75) is 32.2 Å². The van der Waals surface area contributed by atoms with Gasteiger partial charge in [0, 0.05) is 18.2 Å². The van der Waals surface area contributed by atoms with Gasteiger partial charge in [0.05, 0.1) is 0 Å². The fraction of sp³-hybridized carbons (Fsp3) is 0.400. The molecule has 0 radical (unpaired) electrons. The number of aliphatic carboxylic acids is 1. The number of aldehydes is 1. The van der Waals surface area contributed by atoms with Gasteiger partial charge in [0.25, 0.3) is 0 Å². The van der Waals surface area contributed by atoms with E-state index in [2.05, 4.69) is 5.32 Å². The molecule has 0 saturated heterocycles. The van der Waals surface area contributed by atoms with E-state index in [0.717, 1.165) is 19.1 Å². The normalized spacial score (nSPS) is 10.9. The van der Waals surface area contributed by atoms with Crippen LogP contribution in [0, 0.1) is 0 Å². The highest BCUT2D eigenvalue weighted by Crippen LogP contribution is 2.07. The molecule has 0 bridgehead atoms. The predicted octanol–water partition coefficient (Wildman–Crippen LogP) is 0.985. The van der Waals surface area contributed by atoms with E-state index in [0.29, 0.717) is 24.2 Å². The van der Waals surface area contributed by atoms with Gasteiger partial charge in [-0.2, -0.15) is 0 Å². The maximum Gasteiger partial charge on any atom is 0.320 e. The summed E-state index contributed by atoms with van der Waals surface area (Å²) in [6.07, 6.45) is 2.93. The lowest BCUT2D eigenvalue weighted by molar-refractivity contribution is -0.138. The molecule has 0 aliphatic carbocycles. The predicted molar refractivity (Wildman–Crippen MR) is 84.6 cm³/mol. The summed E-state index contributed by atoms with van der Waals surface area (Å²) in [6.45, 7) is 2.04. The molecule has 1 rings (SSSR count). The lowest BCUT2D eigenvalue weighted by atomic mass is 10.1. The SMILES string of the molecule is CC(=O)Nc1ccc(C=O)cc1.NCCCC[C@H](N)C(=O)O. The van der Waals surface area contributed by atoms with Crippen molar-refractivity contribution in [1.82, 2.24) is 0 Å². The average Bonchev–Trinajstić information content (AvgIpc) is 2.48. The molecule has 22 heavy (non-hydrogen) atoms. The lowest BCUT2D eigenvalue weighted by Gasteiger charge is -2.03. The van der Waals surface area contributed by atoms with Crippen LogP contribution in [0.15, 0.2) is 24.3 Å². The molecular weight excluding hydrogens is 286 g/mol. The van der Waals surface area contributed by atoms with Gasteiger partial charge in [0.2, 0.25) is 5.91 Å². The Bertz CT molecular complexity index is 474. The molecule has 1 atom stereocenters. The number of nitrogens with two attached hydrogens (primary N) is 2. The second-order valence-corrected chi connectivity index (χ2v) is 4.65. The largest absolute Gasteiger partial charge is 0.480 e. The molecule has 0 heterocycles. The van der Waals surface area contributed by atoms with E-state index in [1.54, 1.807) is 24.3 Å². The van der Waals surface area contributed by atoms with Gasteiger partial charge in [-0.25, -0.2) is 0 Å². The van der Waals surface area contributed by atoms with E-state index in [9.17, 15) is 14.4 Å².